The van der Waals surface area contributed by atoms with Gasteiger partial charge in [0.1, 0.15) is 35.5 Å². The molecular weight excluding hydrogens is 396 g/mol. The Morgan fingerprint density at radius 2 is 1.97 bits per heavy atom. The first kappa shape index (κ1) is 19.5. The van der Waals surface area contributed by atoms with E-state index in [2.05, 4.69) is 15.0 Å². The van der Waals surface area contributed by atoms with Crippen molar-refractivity contribution < 1.29 is 14.9 Å². The Morgan fingerprint density at radius 1 is 1.16 bits per heavy atom. The minimum absolute atomic E-state index is 0.228. The van der Waals surface area contributed by atoms with Crippen LogP contribution in [0, 0.1) is 5.41 Å². The molecule has 9 heteroatoms. The molecule has 9 nitrogen and oxygen atoms in total. The average Bonchev–Trinajstić information content (AvgIpc) is 3.28. The molecule has 1 aliphatic rings. The highest BCUT2D eigenvalue weighted by Gasteiger charge is 2.51. The van der Waals surface area contributed by atoms with Gasteiger partial charge in [-0.05, 0) is 36.8 Å². The molecule has 1 aromatic carbocycles. The van der Waals surface area contributed by atoms with Gasteiger partial charge in [-0.3, -0.25) is 0 Å². The van der Waals surface area contributed by atoms with E-state index in [-0.39, 0.29) is 12.6 Å². The smallest absolute Gasteiger partial charge is 0.145 e. The zero-order valence-corrected chi connectivity index (χ0v) is 17.0. The van der Waals surface area contributed by atoms with Gasteiger partial charge >= 0.3 is 0 Å². The molecule has 5 rings (SSSR count). The molecule has 0 spiro atoms. The first-order valence-electron chi connectivity index (χ1n) is 10.1. The molecular formula is C22H24N6O3. The second-order valence-electron chi connectivity index (χ2n) is 8.46. The van der Waals surface area contributed by atoms with Crippen molar-refractivity contribution in [1.29, 1.82) is 0 Å². The maximum Gasteiger partial charge on any atom is 0.145 e. The third-order valence-electron chi connectivity index (χ3n) is 6.26. The van der Waals surface area contributed by atoms with E-state index in [1.165, 1.54) is 6.33 Å². The predicted molar refractivity (Wildman–Crippen MR) is 117 cm³/mol. The first-order chi connectivity index (χ1) is 14.9. The highest BCUT2D eigenvalue weighted by molar-refractivity contribution is 5.86. The van der Waals surface area contributed by atoms with Crippen molar-refractivity contribution in [2.45, 2.75) is 31.6 Å². The number of ether oxygens (including phenoxy) is 1. The van der Waals surface area contributed by atoms with Gasteiger partial charge in [0.2, 0.25) is 0 Å². The molecule has 4 atom stereocenters. The van der Waals surface area contributed by atoms with Crippen molar-refractivity contribution in [3.63, 3.8) is 0 Å². The van der Waals surface area contributed by atoms with Crippen LogP contribution >= 0.6 is 0 Å². The van der Waals surface area contributed by atoms with Gasteiger partial charge in [-0.15, -0.1) is 0 Å². The van der Waals surface area contributed by atoms with Crippen molar-refractivity contribution >= 4 is 33.6 Å². The van der Waals surface area contributed by atoms with Crippen LogP contribution in [0.25, 0.3) is 21.9 Å². The van der Waals surface area contributed by atoms with Crippen molar-refractivity contribution in [3.8, 4) is 5.75 Å². The van der Waals surface area contributed by atoms with E-state index < -0.39 is 17.6 Å². The van der Waals surface area contributed by atoms with Crippen molar-refractivity contribution in [1.82, 2.24) is 19.5 Å². The molecule has 0 unspecified atom stereocenters. The summed E-state index contributed by atoms with van der Waals surface area (Å²) in [6.07, 6.45) is 1.78. The summed E-state index contributed by atoms with van der Waals surface area (Å²) in [4.78, 5) is 12.6. The third kappa shape index (κ3) is 3.22. The monoisotopic (exact) mass is 420 g/mol. The molecule has 3 heterocycles. The Hall–Kier alpha value is -3.43. The van der Waals surface area contributed by atoms with Crippen LogP contribution in [0.1, 0.15) is 19.4 Å². The molecule has 0 saturated heterocycles. The summed E-state index contributed by atoms with van der Waals surface area (Å²) in [5.41, 5.74) is 12.4. The standard InChI is InChI=1S/C22H24N6O3/c1-22(10-31-13-4-2-12-3-5-17(23)27-15(12)8-13)9-16(18(29)19(22)30)28-7-6-14-20(24)25-11-26-21(14)28/h2-8,11,16,18-19,29-30H,9-10H2,1H3,(H2,23,27)(H2,24,25,26)/t16-,18+,19+,22-/m1/s1. The van der Waals surface area contributed by atoms with E-state index in [1.807, 2.05) is 48.0 Å². The Balaban J connectivity index is 1.39. The summed E-state index contributed by atoms with van der Waals surface area (Å²) in [5, 5.41) is 23.4. The molecule has 3 aromatic heterocycles. The van der Waals surface area contributed by atoms with Gasteiger partial charge in [-0.25, -0.2) is 15.0 Å². The molecule has 0 aliphatic heterocycles. The molecule has 31 heavy (non-hydrogen) atoms. The Labute approximate surface area is 178 Å². The largest absolute Gasteiger partial charge is 0.493 e. The number of aromatic nitrogens is 4. The van der Waals surface area contributed by atoms with Crippen LogP contribution in [-0.2, 0) is 0 Å². The maximum atomic E-state index is 10.9. The normalized spacial score (nSPS) is 26.0. The van der Waals surface area contributed by atoms with E-state index in [1.54, 1.807) is 6.07 Å². The fraction of sp³-hybridized carbons (Fsp3) is 0.318. The van der Waals surface area contributed by atoms with Crippen LogP contribution in [0.5, 0.6) is 5.75 Å². The summed E-state index contributed by atoms with van der Waals surface area (Å²) in [7, 11) is 0. The van der Waals surface area contributed by atoms with E-state index in [0.29, 0.717) is 29.5 Å². The Morgan fingerprint density at radius 3 is 2.81 bits per heavy atom. The van der Waals surface area contributed by atoms with Gasteiger partial charge < -0.3 is 31.0 Å². The lowest BCUT2D eigenvalue weighted by molar-refractivity contribution is -0.0364. The summed E-state index contributed by atoms with van der Waals surface area (Å²) < 4.78 is 7.88. The summed E-state index contributed by atoms with van der Waals surface area (Å²) in [6.45, 7) is 2.14. The molecule has 1 fully saturated rings. The second kappa shape index (κ2) is 7.07. The Kier molecular flexibility index (Phi) is 4.45. The number of aliphatic hydroxyl groups excluding tert-OH is 2. The lowest BCUT2D eigenvalue weighted by atomic mass is 9.87. The summed E-state index contributed by atoms with van der Waals surface area (Å²) >= 11 is 0. The number of nitrogens with zero attached hydrogens (tertiary/aromatic N) is 4. The van der Waals surface area contributed by atoms with E-state index in [0.717, 1.165) is 16.3 Å². The lowest BCUT2D eigenvalue weighted by Crippen LogP contribution is -2.38. The van der Waals surface area contributed by atoms with Crippen LogP contribution in [0.15, 0.2) is 48.9 Å². The van der Waals surface area contributed by atoms with Crippen LogP contribution < -0.4 is 16.2 Å². The van der Waals surface area contributed by atoms with Gasteiger partial charge in [0.25, 0.3) is 0 Å². The molecule has 1 aliphatic carbocycles. The number of fused-ring (bicyclic) bond motifs is 2. The van der Waals surface area contributed by atoms with Crippen molar-refractivity contribution in [3.05, 3.63) is 48.9 Å². The van der Waals surface area contributed by atoms with Gasteiger partial charge in [0, 0.05) is 23.1 Å². The predicted octanol–water partition coefficient (Wildman–Crippen LogP) is 1.90. The van der Waals surface area contributed by atoms with Gasteiger partial charge in [0.05, 0.1) is 29.7 Å². The van der Waals surface area contributed by atoms with Crippen LogP contribution in [0.2, 0.25) is 0 Å². The fourth-order valence-corrected chi connectivity index (χ4v) is 4.46. The number of rotatable bonds is 4. The number of anilines is 2. The Bertz CT molecular complexity index is 1270. The summed E-state index contributed by atoms with van der Waals surface area (Å²) in [6, 6.07) is 10.7. The molecule has 0 amide bonds. The fourth-order valence-electron chi connectivity index (χ4n) is 4.46. The molecule has 0 radical (unpaired) electrons. The van der Waals surface area contributed by atoms with E-state index in [9.17, 15) is 10.2 Å². The maximum absolute atomic E-state index is 10.9. The number of pyridine rings is 1. The number of hydrogen-bond donors (Lipinski definition) is 4. The summed E-state index contributed by atoms with van der Waals surface area (Å²) in [5.74, 6) is 1.45. The zero-order valence-electron chi connectivity index (χ0n) is 17.0. The van der Waals surface area contributed by atoms with Crippen LogP contribution in [0.4, 0.5) is 11.6 Å². The lowest BCUT2D eigenvalue weighted by Gasteiger charge is -2.28. The van der Waals surface area contributed by atoms with Gasteiger partial charge in [-0.2, -0.15) is 0 Å². The molecule has 1 saturated carbocycles. The zero-order chi connectivity index (χ0) is 21.8. The van der Waals surface area contributed by atoms with Gasteiger partial charge in [0.15, 0.2) is 0 Å². The topological polar surface area (TPSA) is 145 Å². The minimum atomic E-state index is -0.974. The average molecular weight is 420 g/mol. The molecule has 6 N–H and O–H groups in total. The third-order valence-corrected chi connectivity index (χ3v) is 6.26. The van der Waals surface area contributed by atoms with Crippen molar-refractivity contribution in [2.75, 3.05) is 18.1 Å². The van der Waals surface area contributed by atoms with Gasteiger partial charge in [-0.1, -0.05) is 6.92 Å². The number of nitrogen functional groups attached to an aromatic ring is 2. The number of hydrogen-bond acceptors (Lipinski definition) is 8. The van der Waals surface area contributed by atoms with Crippen LogP contribution in [-0.4, -0.2) is 48.5 Å². The SMILES string of the molecule is C[C@]1(COc2ccc3ccc(N)nc3c2)C[C@@H](n2ccc3c(N)ncnc32)[C@H](O)[C@@H]1O. The number of aliphatic hydroxyl groups is 2. The minimum Gasteiger partial charge on any atom is -0.493 e. The molecule has 4 aromatic rings. The molecule has 0 bridgehead atoms. The van der Waals surface area contributed by atoms with Crippen molar-refractivity contribution in [2.24, 2.45) is 5.41 Å². The van der Waals surface area contributed by atoms with E-state index >= 15 is 0 Å². The quantitative estimate of drug-likeness (QED) is 0.392. The molecule has 160 valence electrons. The van der Waals surface area contributed by atoms with Crippen LogP contribution in [0.3, 0.4) is 0 Å². The highest BCUT2D eigenvalue weighted by atomic mass is 16.5. The second-order valence-corrected chi connectivity index (χ2v) is 8.46. The first-order valence-corrected chi connectivity index (χ1v) is 10.1. The number of nitrogens with two attached hydrogens (primary N) is 2. The number of benzene rings is 1. The highest BCUT2D eigenvalue weighted by Crippen LogP contribution is 2.45. The van der Waals surface area contributed by atoms with E-state index in [4.69, 9.17) is 16.2 Å².